The van der Waals surface area contributed by atoms with Crippen molar-refractivity contribution in [3.63, 3.8) is 0 Å². The molecular weight excluding hydrogens is 431 g/mol. The van der Waals surface area contributed by atoms with Crippen molar-refractivity contribution < 1.29 is 17.2 Å². The summed E-state index contributed by atoms with van der Waals surface area (Å²) >= 11 is 0. The van der Waals surface area contributed by atoms with Crippen LogP contribution in [0.4, 0.5) is 4.39 Å². The third kappa shape index (κ3) is 3.80. The molecule has 7 nitrogen and oxygen atoms in total. The predicted molar refractivity (Wildman–Crippen MR) is 116 cm³/mol. The Balaban J connectivity index is 1.42. The Bertz CT molecular complexity index is 1360. The maximum absolute atomic E-state index is 14.0. The minimum atomic E-state index is -3.32. The van der Waals surface area contributed by atoms with E-state index >= 15 is 0 Å². The van der Waals surface area contributed by atoms with E-state index in [9.17, 15) is 12.8 Å². The van der Waals surface area contributed by atoms with E-state index in [0.717, 1.165) is 25.7 Å². The number of hydrogen-bond donors (Lipinski definition) is 0. The molecule has 9 heteroatoms. The molecule has 1 saturated carbocycles. The third-order valence-corrected chi connectivity index (χ3v) is 7.88. The summed E-state index contributed by atoms with van der Waals surface area (Å²) in [5.74, 6) is -0.306. The second-order valence-electron chi connectivity index (χ2n) is 7.66. The molecule has 1 aliphatic rings. The lowest BCUT2D eigenvalue weighted by Crippen LogP contribution is -2.17. The first kappa shape index (κ1) is 20.4. The third-order valence-electron chi connectivity index (χ3n) is 5.60. The Morgan fingerprint density at radius 1 is 0.875 bits per heavy atom. The molecule has 2 aromatic carbocycles. The molecule has 0 amide bonds. The minimum absolute atomic E-state index is 0.0479. The van der Waals surface area contributed by atoms with Gasteiger partial charge in [0.15, 0.2) is 9.84 Å². The van der Waals surface area contributed by atoms with Crippen LogP contribution in [0.5, 0.6) is 0 Å². The highest BCUT2D eigenvalue weighted by Gasteiger charge is 2.30. The van der Waals surface area contributed by atoms with Gasteiger partial charge in [0.25, 0.3) is 11.8 Å². The zero-order chi connectivity index (χ0) is 22.1. The number of aromatic nitrogens is 4. The number of nitrogens with zero attached hydrogens (tertiary/aromatic N) is 4. The van der Waals surface area contributed by atoms with Crippen LogP contribution >= 0.6 is 0 Å². The standard InChI is InChI=1S/C23H19FN4O3S/c24-19-8-4-3-7-18(19)22-27-28-23(31-22)21-14-25-13-20(26-21)15-9-11-17(12-10-15)32(29,30)16-5-1-2-6-16/h3-4,7-14,16H,1-2,5-6H2. The summed E-state index contributed by atoms with van der Waals surface area (Å²) in [6.45, 7) is 0. The van der Waals surface area contributed by atoms with Crippen molar-refractivity contribution in [1.29, 1.82) is 0 Å². The van der Waals surface area contributed by atoms with E-state index in [4.69, 9.17) is 4.42 Å². The van der Waals surface area contributed by atoms with Crippen LogP contribution in [-0.2, 0) is 9.84 Å². The molecule has 32 heavy (non-hydrogen) atoms. The zero-order valence-corrected chi connectivity index (χ0v) is 17.8. The zero-order valence-electron chi connectivity index (χ0n) is 17.0. The Kier molecular flexibility index (Phi) is 5.26. The van der Waals surface area contributed by atoms with Crippen molar-refractivity contribution in [3.8, 4) is 34.3 Å². The van der Waals surface area contributed by atoms with Gasteiger partial charge in [0.2, 0.25) is 0 Å². The number of benzene rings is 2. The molecular formula is C23H19FN4O3S. The number of halogens is 1. The van der Waals surface area contributed by atoms with Crippen LogP contribution in [0.3, 0.4) is 0 Å². The van der Waals surface area contributed by atoms with Gasteiger partial charge in [0.1, 0.15) is 11.5 Å². The van der Waals surface area contributed by atoms with Crippen molar-refractivity contribution in [2.75, 3.05) is 0 Å². The van der Waals surface area contributed by atoms with Gasteiger partial charge in [-0.3, -0.25) is 4.98 Å². The quantitative estimate of drug-likeness (QED) is 0.434. The van der Waals surface area contributed by atoms with Crippen LogP contribution < -0.4 is 0 Å². The molecule has 0 N–H and O–H groups in total. The number of hydrogen-bond acceptors (Lipinski definition) is 7. The van der Waals surface area contributed by atoms with Crippen LogP contribution in [-0.4, -0.2) is 33.8 Å². The van der Waals surface area contributed by atoms with E-state index in [0.29, 0.717) is 21.8 Å². The molecule has 1 fully saturated rings. The fraction of sp³-hybridized carbons (Fsp3) is 0.217. The van der Waals surface area contributed by atoms with Gasteiger partial charge in [0, 0.05) is 5.56 Å². The van der Waals surface area contributed by atoms with Gasteiger partial charge in [-0.1, -0.05) is 37.1 Å². The molecule has 2 aromatic heterocycles. The van der Waals surface area contributed by atoms with Gasteiger partial charge in [-0.05, 0) is 37.1 Å². The first-order chi connectivity index (χ1) is 15.5. The molecule has 0 bridgehead atoms. The van der Waals surface area contributed by atoms with Crippen LogP contribution in [0.15, 0.2) is 70.2 Å². The van der Waals surface area contributed by atoms with E-state index in [1.807, 2.05) is 0 Å². The smallest absolute Gasteiger partial charge is 0.268 e. The van der Waals surface area contributed by atoms with Gasteiger partial charge in [-0.15, -0.1) is 10.2 Å². The van der Waals surface area contributed by atoms with Crippen molar-refractivity contribution in [2.45, 2.75) is 35.8 Å². The van der Waals surface area contributed by atoms with E-state index in [-0.39, 0.29) is 22.6 Å². The molecule has 4 aromatic rings. The fourth-order valence-corrected chi connectivity index (χ4v) is 5.74. The normalized spacial score (nSPS) is 14.7. The van der Waals surface area contributed by atoms with Crippen LogP contribution in [0.2, 0.25) is 0 Å². The summed E-state index contributed by atoms with van der Waals surface area (Å²) in [4.78, 5) is 9.02. The lowest BCUT2D eigenvalue weighted by atomic mass is 10.1. The minimum Gasteiger partial charge on any atom is -0.414 e. The molecule has 2 heterocycles. The average Bonchev–Trinajstić information content (AvgIpc) is 3.53. The van der Waals surface area contributed by atoms with Gasteiger partial charge >= 0.3 is 0 Å². The van der Waals surface area contributed by atoms with Crippen molar-refractivity contribution >= 4 is 9.84 Å². The molecule has 0 radical (unpaired) electrons. The van der Waals surface area contributed by atoms with Crippen molar-refractivity contribution in [2.24, 2.45) is 0 Å². The van der Waals surface area contributed by atoms with Crippen molar-refractivity contribution in [1.82, 2.24) is 20.2 Å². The van der Waals surface area contributed by atoms with E-state index in [1.54, 1.807) is 48.7 Å². The van der Waals surface area contributed by atoms with Gasteiger partial charge in [0.05, 0.1) is 33.8 Å². The Morgan fingerprint density at radius 2 is 1.56 bits per heavy atom. The summed E-state index contributed by atoms with van der Waals surface area (Å²) in [6, 6.07) is 12.8. The maximum atomic E-state index is 14.0. The Labute approximate surface area is 184 Å². The second-order valence-corrected chi connectivity index (χ2v) is 9.89. The largest absolute Gasteiger partial charge is 0.414 e. The second kappa shape index (κ2) is 8.23. The molecule has 0 saturated heterocycles. The predicted octanol–water partition coefficient (Wildman–Crippen LogP) is 4.72. The molecule has 0 unspecified atom stereocenters. The van der Waals surface area contributed by atoms with E-state index in [1.165, 1.54) is 12.3 Å². The SMILES string of the molecule is O=S(=O)(c1ccc(-c2cncc(-c3nnc(-c4ccccc4F)o3)n2)cc1)C1CCCC1. The van der Waals surface area contributed by atoms with Gasteiger partial charge in [-0.25, -0.2) is 17.8 Å². The van der Waals surface area contributed by atoms with Crippen LogP contribution in [0, 0.1) is 5.82 Å². The maximum Gasteiger partial charge on any atom is 0.268 e. The Hall–Kier alpha value is -3.46. The van der Waals surface area contributed by atoms with E-state index < -0.39 is 15.7 Å². The summed E-state index contributed by atoms with van der Waals surface area (Å²) in [5, 5.41) is 7.58. The summed E-state index contributed by atoms with van der Waals surface area (Å²) in [6.07, 6.45) is 6.39. The molecule has 0 spiro atoms. The molecule has 0 aliphatic heterocycles. The monoisotopic (exact) mass is 450 g/mol. The van der Waals surface area contributed by atoms with Gasteiger partial charge < -0.3 is 4.42 Å². The lowest BCUT2D eigenvalue weighted by Gasteiger charge is -2.11. The van der Waals surface area contributed by atoms with E-state index in [2.05, 4.69) is 20.2 Å². The van der Waals surface area contributed by atoms with Crippen LogP contribution in [0.1, 0.15) is 25.7 Å². The Morgan fingerprint density at radius 3 is 2.31 bits per heavy atom. The number of sulfone groups is 1. The van der Waals surface area contributed by atoms with Crippen LogP contribution in [0.25, 0.3) is 34.3 Å². The summed E-state index contributed by atoms with van der Waals surface area (Å²) in [7, 11) is -3.32. The topological polar surface area (TPSA) is 98.8 Å². The molecule has 0 atom stereocenters. The number of rotatable bonds is 5. The molecule has 162 valence electrons. The highest BCUT2D eigenvalue weighted by Crippen LogP contribution is 2.31. The highest BCUT2D eigenvalue weighted by atomic mass is 32.2. The fourth-order valence-electron chi connectivity index (χ4n) is 3.88. The molecule has 1 aliphatic carbocycles. The lowest BCUT2D eigenvalue weighted by molar-refractivity contribution is 0.568. The average molecular weight is 450 g/mol. The summed E-state index contributed by atoms with van der Waals surface area (Å²) in [5.41, 5.74) is 1.77. The first-order valence-electron chi connectivity index (χ1n) is 10.3. The van der Waals surface area contributed by atoms with Gasteiger partial charge in [-0.2, -0.15) is 0 Å². The summed E-state index contributed by atoms with van der Waals surface area (Å²) < 4.78 is 45.2. The van der Waals surface area contributed by atoms with Crippen molar-refractivity contribution in [3.05, 3.63) is 66.7 Å². The highest BCUT2D eigenvalue weighted by molar-refractivity contribution is 7.92. The molecule has 5 rings (SSSR count). The first-order valence-corrected chi connectivity index (χ1v) is 11.8.